The Hall–Kier alpha value is -2.22. The Balaban J connectivity index is 3.15. The van der Waals surface area contributed by atoms with Crippen molar-refractivity contribution in [2.24, 2.45) is 0 Å². The van der Waals surface area contributed by atoms with Gasteiger partial charge in [-0.15, -0.1) is 0 Å². The molecule has 0 unspecified atom stereocenters. The molecule has 0 heterocycles. The van der Waals surface area contributed by atoms with E-state index in [1.54, 1.807) is 24.3 Å². The van der Waals surface area contributed by atoms with Crippen molar-refractivity contribution >= 4 is 5.69 Å². The molecule has 2 nitrogen and oxygen atoms in total. The van der Waals surface area contributed by atoms with E-state index in [2.05, 4.69) is 26.3 Å². The Kier molecular flexibility index (Phi) is 4.16. The van der Waals surface area contributed by atoms with Gasteiger partial charge in [0, 0.05) is 17.1 Å². The highest BCUT2D eigenvalue weighted by atomic mass is 16.3. The van der Waals surface area contributed by atoms with Crippen LogP contribution in [-0.4, -0.2) is 5.11 Å². The predicted molar refractivity (Wildman–Crippen MR) is 78.5 cm³/mol. The van der Waals surface area contributed by atoms with Gasteiger partial charge < -0.3 is 10.0 Å². The van der Waals surface area contributed by atoms with Crippen molar-refractivity contribution in [3.8, 4) is 5.75 Å². The first kappa shape index (κ1) is 13.8. The van der Waals surface area contributed by atoms with Crippen LogP contribution >= 0.6 is 0 Å². The minimum absolute atomic E-state index is 0.227. The van der Waals surface area contributed by atoms with Gasteiger partial charge in [-0.1, -0.05) is 26.3 Å². The van der Waals surface area contributed by atoms with Crippen LogP contribution < -0.4 is 4.90 Å². The van der Waals surface area contributed by atoms with Gasteiger partial charge in [-0.2, -0.15) is 0 Å². The number of allylic oxidation sites excluding steroid dienone is 2. The van der Waals surface area contributed by atoms with Crippen molar-refractivity contribution in [2.45, 2.75) is 13.8 Å². The number of anilines is 1. The van der Waals surface area contributed by atoms with Crippen LogP contribution in [0, 0.1) is 0 Å². The minimum atomic E-state index is 0.227. The summed E-state index contributed by atoms with van der Waals surface area (Å²) in [7, 11) is 0. The highest BCUT2D eigenvalue weighted by molar-refractivity contribution is 5.63. The number of nitrogens with zero attached hydrogens (tertiary/aromatic N) is 1. The molecule has 0 saturated carbocycles. The Morgan fingerprint density at radius 3 is 1.89 bits per heavy atom. The van der Waals surface area contributed by atoms with E-state index >= 15 is 0 Å². The molecule has 94 valence electrons. The van der Waals surface area contributed by atoms with Crippen molar-refractivity contribution in [3.63, 3.8) is 0 Å². The summed E-state index contributed by atoms with van der Waals surface area (Å²) in [5, 5.41) is 9.32. The van der Waals surface area contributed by atoms with E-state index in [4.69, 9.17) is 0 Å². The molecule has 2 heteroatoms. The third kappa shape index (κ3) is 2.92. The lowest BCUT2D eigenvalue weighted by Gasteiger charge is -2.28. The molecule has 0 bridgehead atoms. The molecule has 1 N–H and O–H groups in total. The average Bonchev–Trinajstić information content (AvgIpc) is 2.30. The first-order chi connectivity index (χ1) is 8.34. The molecular formula is C16H19NO. The molecule has 0 saturated heterocycles. The van der Waals surface area contributed by atoms with E-state index < -0.39 is 0 Å². The molecule has 1 aromatic rings. The number of phenols is 1. The number of phenolic OH excluding ortho intramolecular Hbond substituents is 1. The summed E-state index contributed by atoms with van der Waals surface area (Å²) in [6.07, 6.45) is 0. The van der Waals surface area contributed by atoms with Gasteiger partial charge in [0.2, 0.25) is 0 Å². The molecule has 0 atom stereocenters. The first-order valence-electron chi connectivity index (χ1n) is 5.63. The van der Waals surface area contributed by atoms with Gasteiger partial charge in [-0.3, -0.25) is 0 Å². The number of rotatable bonds is 5. The fourth-order valence-electron chi connectivity index (χ4n) is 1.59. The molecule has 0 aliphatic carbocycles. The highest BCUT2D eigenvalue weighted by Gasteiger charge is 2.14. The molecular weight excluding hydrogens is 222 g/mol. The third-order valence-corrected chi connectivity index (χ3v) is 2.62. The molecule has 1 aromatic carbocycles. The van der Waals surface area contributed by atoms with Crippen molar-refractivity contribution in [1.29, 1.82) is 0 Å². The average molecular weight is 241 g/mol. The lowest BCUT2D eigenvalue weighted by Crippen LogP contribution is -2.20. The Morgan fingerprint density at radius 1 is 1.00 bits per heavy atom. The van der Waals surface area contributed by atoms with Crippen LogP contribution in [0.25, 0.3) is 0 Å². The number of hydrogen-bond donors (Lipinski definition) is 1. The number of aromatic hydroxyl groups is 1. The van der Waals surface area contributed by atoms with E-state index in [0.717, 1.165) is 28.2 Å². The van der Waals surface area contributed by atoms with Gasteiger partial charge in [-0.25, -0.2) is 0 Å². The molecule has 0 aliphatic rings. The summed E-state index contributed by atoms with van der Waals surface area (Å²) in [6.45, 7) is 19.6. The minimum Gasteiger partial charge on any atom is -0.508 e. The fourth-order valence-corrected chi connectivity index (χ4v) is 1.59. The van der Waals surface area contributed by atoms with Crippen LogP contribution in [0.3, 0.4) is 0 Å². The molecule has 0 spiro atoms. The van der Waals surface area contributed by atoms with E-state index in [9.17, 15) is 5.11 Å². The van der Waals surface area contributed by atoms with Crippen LogP contribution in [0.15, 0.2) is 73.1 Å². The molecule has 0 fully saturated rings. The molecule has 1 rings (SSSR count). The molecule has 0 aliphatic heterocycles. The summed E-state index contributed by atoms with van der Waals surface area (Å²) in [5.41, 5.74) is 4.09. The van der Waals surface area contributed by atoms with Gasteiger partial charge in [0.05, 0.1) is 0 Å². The maximum atomic E-state index is 9.32. The monoisotopic (exact) mass is 241 g/mol. The smallest absolute Gasteiger partial charge is 0.115 e. The Labute approximate surface area is 109 Å². The second-order valence-electron chi connectivity index (χ2n) is 4.29. The number of hydrogen-bond acceptors (Lipinski definition) is 2. The summed E-state index contributed by atoms with van der Waals surface area (Å²) in [5.74, 6) is 0.227. The lowest BCUT2D eigenvalue weighted by molar-refractivity contribution is 0.475. The normalized spacial score (nSPS) is 9.67. The topological polar surface area (TPSA) is 23.5 Å². The summed E-state index contributed by atoms with van der Waals surface area (Å²) in [4.78, 5) is 1.89. The van der Waals surface area contributed by atoms with Gasteiger partial charge in [-0.05, 0) is 49.3 Å². The van der Waals surface area contributed by atoms with E-state index in [1.165, 1.54) is 0 Å². The Bertz CT molecular complexity index is 508. The first-order valence-corrected chi connectivity index (χ1v) is 5.63. The van der Waals surface area contributed by atoms with Crippen LogP contribution in [0.4, 0.5) is 5.69 Å². The maximum absolute atomic E-state index is 9.32. The van der Waals surface area contributed by atoms with Crippen molar-refractivity contribution in [3.05, 3.63) is 73.1 Å². The Morgan fingerprint density at radius 2 is 1.50 bits per heavy atom. The zero-order chi connectivity index (χ0) is 13.9. The molecule has 0 aromatic heterocycles. The lowest BCUT2D eigenvalue weighted by atomic mass is 10.1. The van der Waals surface area contributed by atoms with Crippen LogP contribution in [0.5, 0.6) is 5.75 Å². The second kappa shape index (κ2) is 5.41. The highest BCUT2D eigenvalue weighted by Crippen LogP contribution is 2.29. The van der Waals surface area contributed by atoms with Crippen molar-refractivity contribution < 1.29 is 5.11 Å². The second-order valence-corrected chi connectivity index (χ2v) is 4.29. The van der Waals surface area contributed by atoms with Crippen LogP contribution in [0.2, 0.25) is 0 Å². The van der Waals surface area contributed by atoms with Crippen LogP contribution in [-0.2, 0) is 0 Å². The fraction of sp³-hybridized carbons (Fsp3) is 0.125. The van der Waals surface area contributed by atoms with E-state index in [0.29, 0.717) is 0 Å². The van der Waals surface area contributed by atoms with Gasteiger partial charge in [0.15, 0.2) is 0 Å². The SMILES string of the molecule is C=C(C)C(=C)C(=C)N(C(=C)C)c1ccc(O)cc1. The molecule has 18 heavy (non-hydrogen) atoms. The zero-order valence-corrected chi connectivity index (χ0v) is 11.0. The maximum Gasteiger partial charge on any atom is 0.115 e. The summed E-state index contributed by atoms with van der Waals surface area (Å²) < 4.78 is 0. The standard InChI is InChI=1S/C16H19NO/c1-11(2)13(5)14(6)17(12(3)4)15-7-9-16(18)10-8-15/h7-10,18H,1,3,5-6H2,2,4H3. The third-order valence-electron chi connectivity index (χ3n) is 2.62. The summed E-state index contributed by atoms with van der Waals surface area (Å²) in [6, 6.07) is 6.87. The van der Waals surface area contributed by atoms with Gasteiger partial charge in [0.1, 0.15) is 5.75 Å². The van der Waals surface area contributed by atoms with E-state index in [-0.39, 0.29) is 5.75 Å². The summed E-state index contributed by atoms with van der Waals surface area (Å²) >= 11 is 0. The van der Waals surface area contributed by atoms with E-state index in [1.807, 2.05) is 18.7 Å². The molecule has 0 radical (unpaired) electrons. The zero-order valence-electron chi connectivity index (χ0n) is 11.0. The quantitative estimate of drug-likeness (QED) is 0.773. The van der Waals surface area contributed by atoms with Crippen molar-refractivity contribution in [1.82, 2.24) is 0 Å². The largest absolute Gasteiger partial charge is 0.508 e. The predicted octanol–water partition coefficient (Wildman–Crippen LogP) is 4.38. The van der Waals surface area contributed by atoms with Crippen LogP contribution in [0.1, 0.15) is 13.8 Å². The molecule has 0 amide bonds. The number of benzene rings is 1. The van der Waals surface area contributed by atoms with Gasteiger partial charge in [0.25, 0.3) is 0 Å². The van der Waals surface area contributed by atoms with Gasteiger partial charge >= 0.3 is 0 Å². The van der Waals surface area contributed by atoms with Crippen molar-refractivity contribution in [2.75, 3.05) is 4.90 Å².